The van der Waals surface area contributed by atoms with Crippen molar-refractivity contribution in [3.63, 3.8) is 0 Å². The smallest absolute Gasteiger partial charge is 0.218 e. The second kappa shape index (κ2) is 12.0. The minimum Gasteiger partial charge on any atom is -0.320 e. The quantitative estimate of drug-likeness (QED) is 0.0993. The summed E-state index contributed by atoms with van der Waals surface area (Å²) in [6.07, 6.45) is 0. The van der Waals surface area contributed by atoms with Crippen molar-refractivity contribution >= 4 is 62.0 Å². The van der Waals surface area contributed by atoms with Crippen LogP contribution in [0.5, 0.6) is 0 Å². The molecule has 0 aliphatic heterocycles. The second-order valence-corrected chi connectivity index (χ2v) is 15.7. The lowest BCUT2D eigenvalue weighted by atomic mass is 10.0. The molecule has 7 aromatic carbocycles. The summed E-state index contributed by atoms with van der Waals surface area (Å²) in [7, 11) is -2.69. The Morgan fingerprint density at radius 2 is 0.854 bits per heavy atom. The highest BCUT2D eigenvalue weighted by atomic mass is 28.3. The SMILES string of the molecule is [C-]#[N+]c1ccc(-c2ccc([Si](c3ccccc3)(c3ccccc3)c3ccccc3)cc2)c(-n2c3ccccc3c3ccccc32)c1[N+]#[C-]. The lowest BCUT2D eigenvalue weighted by Gasteiger charge is -2.34. The highest BCUT2D eigenvalue weighted by molar-refractivity contribution is 7.19. The van der Waals surface area contributed by atoms with Gasteiger partial charge in [-0.15, -0.1) is 0 Å². The van der Waals surface area contributed by atoms with Gasteiger partial charge in [0.25, 0.3) is 0 Å². The monoisotopic (exact) mass is 627 g/mol. The van der Waals surface area contributed by atoms with Gasteiger partial charge in [0.1, 0.15) is 0 Å². The number of hydrogen-bond donors (Lipinski definition) is 0. The summed E-state index contributed by atoms with van der Waals surface area (Å²) >= 11 is 0. The van der Waals surface area contributed by atoms with E-state index in [0.29, 0.717) is 11.4 Å². The third-order valence-corrected chi connectivity index (χ3v) is 14.2. The van der Waals surface area contributed by atoms with E-state index in [-0.39, 0.29) is 0 Å². The molecule has 0 unspecified atom stereocenters. The van der Waals surface area contributed by atoms with Gasteiger partial charge in [0.15, 0.2) is 13.8 Å². The first-order valence-corrected chi connectivity index (χ1v) is 17.9. The molecule has 0 spiro atoms. The molecule has 3 nitrogen and oxygen atoms in total. The first kappa shape index (κ1) is 29.0. The number of para-hydroxylation sites is 2. The first-order valence-electron chi connectivity index (χ1n) is 15.9. The van der Waals surface area contributed by atoms with Crippen molar-refractivity contribution in [2.45, 2.75) is 0 Å². The van der Waals surface area contributed by atoms with Gasteiger partial charge >= 0.3 is 0 Å². The molecular formula is C44H29N3Si. The topological polar surface area (TPSA) is 13.6 Å². The van der Waals surface area contributed by atoms with Gasteiger partial charge in [-0.05, 0) is 44.0 Å². The van der Waals surface area contributed by atoms with E-state index < -0.39 is 8.07 Å². The molecule has 0 bridgehead atoms. The highest BCUT2D eigenvalue weighted by Crippen LogP contribution is 2.45. The lowest BCUT2D eigenvalue weighted by molar-refractivity contribution is 1.19. The zero-order valence-electron chi connectivity index (χ0n) is 26.1. The molecule has 0 saturated heterocycles. The van der Waals surface area contributed by atoms with Crippen LogP contribution >= 0.6 is 0 Å². The van der Waals surface area contributed by atoms with E-state index in [1.807, 2.05) is 30.3 Å². The molecule has 0 saturated carbocycles. The second-order valence-electron chi connectivity index (χ2n) is 11.8. The average Bonchev–Trinajstić information content (AvgIpc) is 3.50. The zero-order valence-corrected chi connectivity index (χ0v) is 27.1. The summed E-state index contributed by atoms with van der Waals surface area (Å²) in [4.78, 5) is 7.78. The van der Waals surface area contributed by atoms with E-state index in [0.717, 1.165) is 38.6 Å². The molecule has 48 heavy (non-hydrogen) atoms. The van der Waals surface area contributed by atoms with Crippen LogP contribution < -0.4 is 20.7 Å². The maximum absolute atomic E-state index is 8.28. The third kappa shape index (κ3) is 4.48. The molecule has 0 amide bonds. The van der Waals surface area contributed by atoms with Crippen LogP contribution in [0.1, 0.15) is 0 Å². The minimum absolute atomic E-state index is 0.353. The van der Waals surface area contributed by atoms with Crippen molar-refractivity contribution in [1.29, 1.82) is 0 Å². The van der Waals surface area contributed by atoms with Crippen LogP contribution in [0.4, 0.5) is 11.4 Å². The Bertz CT molecular complexity index is 2350. The Hall–Kier alpha value is -6.46. The van der Waals surface area contributed by atoms with Crippen LogP contribution in [0.3, 0.4) is 0 Å². The molecule has 1 heterocycles. The normalized spacial score (nSPS) is 11.3. The summed E-state index contributed by atoms with van der Waals surface area (Å²) in [5, 5.41) is 7.45. The first-order chi connectivity index (χ1) is 23.8. The van der Waals surface area contributed by atoms with Crippen molar-refractivity contribution < 1.29 is 0 Å². The fourth-order valence-corrected chi connectivity index (χ4v) is 12.1. The Kier molecular flexibility index (Phi) is 7.27. The Balaban J connectivity index is 1.40. The van der Waals surface area contributed by atoms with Gasteiger partial charge in [-0.2, -0.15) is 0 Å². The number of benzene rings is 7. The molecule has 0 atom stereocenters. The predicted molar refractivity (Wildman–Crippen MR) is 202 cm³/mol. The third-order valence-electron chi connectivity index (χ3n) is 9.42. The van der Waals surface area contributed by atoms with E-state index in [2.05, 4.69) is 154 Å². The van der Waals surface area contributed by atoms with Crippen LogP contribution in [0.2, 0.25) is 0 Å². The largest absolute Gasteiger partial charge is 0.320 e. The number of nitrogens with zero attached hydrogens (tertiary/aromatic N) is 3. The molecule has 4 heteroatoms. The van der Waals surface area contributed by atoms with Crippen LogP contribution in [-0.2, 0) is 0 Å². The summed E-state index contributed by atoms with van der Waals surface area (Å²) in [6, 6.07) is 62.1. The van der Waals surface area contributed by atoms with Gasteiger partial charge in [0.05, 0.1) is 24.2 Å². The van der Waals surface area contributed by atoms with Crippen molar-refractivity contribution in [3.05, 3.63) is 199 Å². The fourth-order valence-electron chi connectivity index (χ4n) is 7.36. The average molecular weight is 628 g/mol. The van der Waals surface area contributed by atoms with Gasteiger partial charge in [-0.3, -0.25) is 4.85 Å². The maximum atomic E-state index is 8.28. The minimum atomic E-state index is -2.69. The van der Waals surface area contributed by atoms with E-state index in [1.54, 1.807) is 6.07 Å². The van der Waals surface area contributed by atoms with E-state index in [9.17, 15) is 0 Å². The molecule has 8 aromatic rings. The number of hydrogen-bond acceptors (Lipinski definition) is 0. The summed E-state index contributed by atoms with van der Waals surface area (Å²) in [5.74, 6) is 0. The molecule has 0 radical (unpaired) electrons. The maximum Gasteiger partial charge on any atom is 0.218 e. The molecule has 224 valence electrons. The van der Waals surface area contributed by atoms with E-state index in [1.165, 1.54) is 20.7 Å². The van der Waals surface area contributed by atoms with Crippen LogP contribution in [0.15, 0.2) is 176 Å². The zero-order chi connectivity index (χ0) is 32.5. The van der Waals surface area contributed by atoms with Crippen molar-refractivity contribution in [3.8, 4) is 16.8 Å². The van der Waals surface area contributed by atoms with Crippen LogP contribution in [0, 0.1) is 13.1 Å². The fraction of sp³-hybridized carbons (Fsp3) is 0. The highest BCUT2D eigenvalue weighted by Gasteiger charge is 2.41. The molecule has 0 aliphatic rings. The lowest BCUT2D eigenvalue weighted by Crippen LogP contribution is -2.74. The van der Waals surface area contributed by atoms with Gasteiger partial charge < -0.3 is 4.57 Å². The number of fused-ring (bicyclic) bond motifs is 3. The summed E-state index contributed by atoms with van der Waals surface area (Å²) in [6.45, 7) is 16.2. The van der Waals surface area contributed by atoms with Gasteiger partial charge in [0.2, 0.25) is 5.69 Å². The molecular weight excluding hydrogens is 599 g/mol. The molecule has 0 fully saturated rings. The van der Waals surface area contributed by atoms with Gasteiger partial charge in [-0.1, -0.05) is 164 Å². The number of rotatable bonds is 6. The molecule has 1 aromatic heterocycles. The number of aromatic nitrogens is 1. The molecule has 8 rings (SSSR count). The molecule has 0 aliphatic carbocycles. The van der Waals surface area contributed by atoms with Crippen molar-refractivity contribution in [2.24, 2.45) is 0 Å². The van der Waals surface area contributed by atoms with Crippen LogP contribution in [0.25, 0.3) is 48.3 Å². The van der Waals surface area contributed by atoms with Gasteiger partial charge in [-0.25, -0.2) is 4.85 Å². The Morgan fingerprint density at radius 3 is 1.31 bits per heavy atom. The standard InChI is InChI=1S/C44H29N3Si/c1-45-40-31-30-37(44(43(40)46-2)47-41-24-14-12-22-38(41)39-23-13-15-25-42(39)47)32-26-28-36(29-27-32)48(33-16-6-3-7-17-33,34-18-8-4-9-19-34)35-20-10-5-11-21-35/h3-31H. The van der Waals surface area contributed by atoms with E-state index in [4.69, 9.17) is 13.1 Å². The Labute approximate surface area is 281 Å². The van der Waals surface area contributed by atoms with Crippen LogP contribution in [-0.4, -0.2) is 12.6 Å². The van der Waals surface area contributed by atoms with E-state index >= 15 is 0 Å². The van der Waals surface area contributed by atoms with Crippen molar-refractivity contribution in [2.75, 3.05) is 0 Å². The molecule has 0 N–H and O–H groups in total. The summed E-state index contributed by atoms with van der Waals surface area (Å²) in [5.41, 5.74) is 5.37. The van der Waals surface area contributed by atoms with Gasteiger partial charge in [0, 0.05) is 16.5 Å². The summed E-state index contributed by atoms with van der Waals surface area (Å²) < 4.78 is 2.17. The van der Waals surface area contributed by atoms with Crippen molar-refractivity contribution in [1.82, 2.24) is 4.57 Å². The predicted octanol–water partition coefficient (Wildman–Crippen LogP) is 8.93. The Morgan fingerprint density at radius 1 is 0.417 bits per heavy atom.